The molecule has 3 heterocycles. The minimum Gasteiger partial charge on any atom is -0.476 e. The zero-order valence-electron chi connectivity index (χ0n) is 10.5. The van der Waals surface area contributed by atoms with Crippen LogP contribution in [0.25, 0.3) is 5.65 Å². The number of hydrogen-bond acceptors (Lipinski definition) is 5. The second-order valence-electron chi connectivity index (χ2n) is 4.41. The van der Waals surface area contributed by atoms with Crippen LogP contribution >= 0.6 is 0 Å². The van der Waals surface area contributed by atoms with Crippen LogP contribution in [-0.4, -0.2) is 52.0 Å². The summed E-state index contributed by atoms with van der Waals surface area (Å²) in [6.45, 7) is 4.51. The molecule has 0 radical (unpaired) electrons. The number of carboxylic acids is 1. The first kappa shape index (κ1) is 11.9. The maximum atomic E-state index is 11.2. The van der Waals surface area contributed by atoms with E-state index in [1.54, 1.807) is 13.0 Å². The number of carbonyl (C=O) groups is 1. The number of hydrogen-bond donors (Lipinski definition) is 1. The van der Waals surface area contributed by atoms with Crippen LogP contribution in [0.3, 0.4) is 0 Å². The first-order valence-electron chi connectivity index (χ1n) is 6.09. The highest BCUT2D eigenvalue weighted by Crippen LogP contribution is 2.16. The van der Waals surface area contributed by atoms with Gasteiger partial charge in [0.15, 0.2) is 11.3 Å². The average Bonchev–Trinajstić information content (AvgIpc) is 2.74. The molecule has 7 heteroatoms. The summed E-state index contributed by atoms with van der Waals surface area (Å²) in [5.74, 6) is -0.271. The monoisotopic (exact) mass is 262 g/mol. The van der Waals surface area contributed by atoms with Crippen LogP contribution in [0.4, 0.5) is 5.82 Å². The predicted octanol–water partition coefficient (Wildman–Crippen LogP) is 0.573. The van der Waals surface area contributed by atoms with Gasteiger partial charge in [0.1, 0.15) is 5.82 Å². The number of nitrogens with zero attached hydrogens (tertiary/aromatic N) is 4. The van der Waals surface area contributed by atoms with Gasteiger partial charge in [-0.05, 0) is 19.1 Å². The van der Waals surface area contributed by atoms with Crippen molar-refractivity contribution < 1.29 is 14.6 Å². The van der Waals surface area contributed by atoms with Crippen LogP contribution in [0, 0.1) is 6.92 Å². The molecule has 2 aromatic rings. The predicted molar refractivity (Wildman–Crippen MR) is 67.7 cm³/mol. The number of rotatable bonds is 2. The van der Waals surface area contributed by atoms with Gasteiger partial charge in [-0.15, -0.1) is 5.10 Å². The lowest BCUT2D eigenvalue weighted by molar-refractivity contribution is 0.0687. The molecule has 0 spiro atoms. The van der Waals surface area contributed by atoms with Gasteiger partial charge in [-0.25, -0.2) is 14.3 Å². The van der Waals surface area contributed by atoms with E-state index >= 15 is 0 Å². The molecule has 100 valence electrons. The van der Waals surface area contributed by atoms with Gasteiger partial charge in [0, 0.05) is 13.1 Å². The molecule has 0 unspecified atom stereocenters. The summed E-state index contributed by atoms with van der Waals surface area (Å²) >= 11 is 0. The van der Waals surface area contributed by atoms with Gasteiger partial charge in [0.2, 0.25) is 0 Å². The fourth-order valence-corrected chi connectivity index (χ4v) is 2.24. The van der Waals surface area contributed by atoms with Crippen molar-refractivity contribution in [2.75, 3.05) is 31.2 Å². The largest absolute Gasteiger partial charge is 0.476 e. The molecule has 3 rings (SSSR count). The molecular weight excluding hydrogens is 248 g/mol. The number of ether oxygens (including phenoxy) is 1. The highest BCUT2D eigenvalue weighted by Gasteiger charge is 2.19. The Hall–Kier alpha value is -2.15. The van der Waals surface area contributed by atoms with Gasteiger partial charge < -0.3 is 14.7 Å². The van der Waals surface area contributed by atoms with E-state index in [4.69, 9.17) is 4.74 Å². The van der Waals surface area contributed by atoms with E-state index in [1.807, 2.05) is 6.07 Å². The molecule has 1 fully saturated rings. The normalized spacial score (nSPS) is 15.9. The number of aryl methyl sites for hydroxylation is 1. The Bertz CT molecular complexity index is 631. The van der Waals surface area contributed by atoms with Crippen molar-refractivity contribution in [3.05, 3.63) is 23.5 Å². The van der Waals surface area contributed by atoms with Crippen molar-refractivity contribution in [2.45, 2.75) is 6.92 Å². The van der Waals surface area contributed by atoms with E-state index in [0.717, 1.165) is 18.9 Å². The van der Waals surface area contributed by atoms with Gasteiger partial charge in [-0.1, -0.05) is 0 Å². The van der Waals surface area contributed by atoms with Gasteiger partial charge >= 0.3 is 5.97 Å². The van der Waals surface area contributed by atoms with E-state index < -0.39 is 5.97 Å². The Morgan fingerprint density at radius 2 is 2.11 bits per heavy atom. The minimum absolute atomic E-state index is 0.116. The van der Waals surface area contributed by atoms with Crippen molar-refractivity contribution in [1.82, 2.24) is 14.6 Å². The zero-order chi connectivity index (χ0) is 13.4. The lowest BCUT2D eigenvalue weighted by Crippen LogP contribution is -2.37. The molecule has 0 amide bonds. The second-order valence-corrected chi connectivity index (χ2v) is 4.41. The molecule has 1 saturated heterocycles. The van der Waals surface area contributed by atoms with Crippen LogP contribution in [0.1, 0.15) is 16.2 Å². The molecular formula is C12H14N4O3. The molecule has 19 heavy (non-hydrogen) atoms. The molecule has 0 aliphatic carbocycles. The molecule has 1 aliphatic heterocycles. The first-order chi connectivity index (χ1) is 9.16. The quantitative estimate of drug-likeness (QED) is 0.852. The van der Waals surface area contributed by atoms with E-state index in [-0.39, 0.29) is 5.69 Å². The molecule has 0 saturated carbocycles. The van der Waals surface area contributed by atoms with Crippen LogP contribution in [0.15, 0.2) is 12.1 Å². The summed E-state index contributed by atoms with van der Waals surface area (Å²) in [5.41, 5.74) is 1.14. The maximum Gasteiger partial charge on any atom is 0.356 e. The van der Waals surface area contributed by atoms with Crippen molar-refractivity contribution >= 4 is 17.4 Å². The zero-order valence-corrected chi connectivity index (χ0v) is 10.5. The van der Waals surface area contributed by atoms with E-state index in [0.29, 0.717) is 24.6 Å². The lowest BCUT2D eigenvalue weighted by atomic mass is 10.3. The van der Waals surface area contributed by atoms with Crippen LogP contribution in [-0.2, 0) is 4.74 Å². The third-order valence-electron chi connectivity index (χ3n) is 3.18. The van der Waals surface area contributed by atoms with E-state index in [2.05, 4.69) is 15.0 Å². The number of fused-ring (bicyclic) bond motifs is 1. The van der Waals surface area contributed by atoms with Crippen molar-refractivity contribution in [3.8, 4) is 0 Å². The fraction of sp³-hybridized carbons (Fsp3) is 0.417. The van der Waals surface area contributed by atoms with Gasteiger partial charge in [0.05, 0.1) is 18.9 Å². The molecule has 1 aliphatic rings. The maximum absolute atomic E-state index is 11.2. The molecule has 0 atom stereocenters. The summed E-state index contributed by atoms with van der Waals surface area (Å²) in [7, 11) is 0. The summed E-state index contributed by atoms with van der Waals surface area (Å²) < 4.78 is 6.68. The number of carboxylic acid groups (broad SMARTS) is 1. The SMILES string of the molecule is Cc1nc2ccc(N3CCOCC3)nn2c1C(=O)O. The second kappa shape index (κ2) is 4.51. The Balaban J connectivity index is 2.08. The summed E-state index contributed by atoms with van der Waals surface area (Å²) in [4.78, 5) is 17.5. The Morgan fingerprint density at radius 3 is 2.79 bits per heavy atom. The molecule has 0 aromatic carbocycles. The Labute approximate surface area is 109 Å². The summed E-state index contributed by atoms with van der Waals surface area (Å²) in [5, 5.41) is 13.6. The van der Waals surface area contributed by atoms with Crippen LogP contribution < -0.4 is 4.90 Å². The average molecular weight is 262 g/mol. The Kier molecular flexibility index (Phi) is 2.83. The van der Waals surface area contributed by atoms with Crippen LogP contribution in [0.5, 0.6) is 0 Å². The summed E-state index contributed by atoms with van der Waals surface area (Å²) in [6.07, 6.45) is 0. The third kappa shape index (κ3) is 2.01. The van der Waals surface area contributed by atoms with Crippen molar-refractivity contribution in [1.29, 1.82) is 0 Å². The fourth-order valence-electron chi connectivity index (χ4n) is 2.24. The molecule has 0 bridgehead atoms. The van der Waals surface area contributed by atoms with E-state index in [9.17, 15) is 9.90 Å². The van der Waals surface area contributed by atoms with Gasteiger partial charge in [-0.2, -0.15) is 0 Å². The number of aromatic carboxylic acids is 1. The first-order valence-corrected chi connectivity index (χ1v) is 6.09. The highest BCUT2D eigenvalue weighted by molar-refractivity contribution is 5.88. The highest BCUT2D eigenvalue weighted by atomic mass is 16.5. The minimum atomic E-state index is -1.02. The van der Waals surface area contributed by atoms with Gasteiger partial charge in [-0.3, -0.25) is 0 Å². The number of anilines is 1. The van der Waals surface area contributed by atoms with Crippen LogP contribution in [0.2, 0.25) is 0 Å². The Morgan fingerprint density at radius 1 is 1.37 bits per heavy atom. The topological polar surface area (TPSA) is 80.0 Å². The number of aromatic nitrogens is 3. The van der Waals surface area contributed by atoms with Crippen molar-refractivity contribution in [3.63, 3.8) is 0 Å². The lowest BCUT2D eigenvalue weighted by Gasteiger charge is -2.27. The third-order valence-corrected chi connectivity index (χ3v) is 3.18. The smallest absolute Gasteiger partial charge is 0.356 e. The van der Waals surface area contributed by atoms with Gasteiger partial charge in [0.25, 0.3) is 0 Å². The molecule has 2 aromatic heterocycles. The number of imidazole rings is 1. The summed E-state index contributed by atoms with van der Waals surface area (Å²) in [6, 6.07) is 3.65. The molecule has 1 N–H and O–H groups in total. The van der Waals surface area contributed by atoms with E-state index in [1.165, 1.54) is 4.52 Å². The standard InChI is InChI=1S/C12H14N4O3/c1-8-11(12(17)18)16-9(13-8)2-3-10(14-16)15-4-6-19-7-5-15/h2-3H,4-7H2,1H3,(H,17,18). The molecule has 7 nitrogen and oxygen atoms in total. The number of morpholine rings is 1. The van der Waals surface area contributed by atoms with Crippen molar-refractivity contribution in [2.24, 2.45) is 0 Å².